The fraction of sp³-hybridized carbons (Fsp3) is 0. The maximum absolute atomic E-state index is 12.1. The Morgan fingerprint density at radius 2 is 1.90 bits per heavy atom. The van der Waals surface area contributed by atoms with E-state index in [9.17, 15) is 13.2 Å². The highest BCUT2D eigenvalue weighted by Crippen LogP contribution is 2.28. The second kappa shape index (κ2) is 6.64. The van der Waals surface area contributed by atoms with E-state index in [1.807, 2.05) is 6.07 Å². The second-order valence-corrected chi connectivity index (χ2v) is 8.68. The molecule has 1 amide bonds. The van der Waals surface area contributed by atoms with Gasteiger partial charge in [-0.25, -0.2) is 8.42 Å². The Morgan fingerprint density at radius 1 is 1.19 bits per heavy atom. The van der Waals surface area contributed by atoms with Gasteiger partial charge in [-0.1, -0.05) is 6.07 Å². The zero-order chi connectivity index (χ0) is 15.6. The molecule has 0 aliphatic heterocycles. The quantitative estimate of drug-likeness (QED) is 0.507. The minimum absolute atomic E-state index is 0.0450. The van der Waals surface area contributed by atoms with Crippen molar-refractivity contribution in [2.24, 2.45) is 0 Å². The van der Waals surface area contributed by atoms with Crippen molar-refractivity contribution in [2.75, 3.05) is 5.32 Å². The maximum atomic E-state index is 12.1. The lowest BCUT2D eigenvalue weighted by Crippen LogP contribution is -2.12. The summed E-state index contributed by atoms with van der Waals surface area (Å²) >= 11 is 5.24. The molecule has 0 aliphatic carbocycles. The van der Waals surface area contributed by atoms with Crippen molar-refractivity contribution < 1.29 is 13.2 Å². The molecule has 0 radical (unpaired) electrons. The molecule has 2 aromatic carbocycles. The van der Waals surface area contributed by atoms with Crippen molar-refractivity contribution in [2.45, 2.75) is 4.90 Å². The summed E-state index contributed by atoms with van der Waals surface area (Å²) in [4.78, 5) is 12.0. The van der Waals surface area contributed by atoms with Crippen LogP contribution in [0.25, 0.3) is 0 Å². The number of nitrogens with one attached hydrogen (secondary N) is 1. The molecule has 4 nitrogen and oxygen atoms in total. The van der Waals surface area contributed by atoms with Crippen LogP contribution in [-0.2, 0) is 9.05 Å². The molecule has 2 rings (SSSR count). The van der Waals surface area contributed by atoms with Gasteiger partial charge >= 0.3 is 0 Å². The van der Waals surface area contributed by atoms with Gasteiger partial charge in [0.1, 0.15) is 0 Å². The molecule has 0 heterocycles. The minimum atomic E-state index is -3.82. The minimum Gasteiger partial charge on any atom is -0.322 e. The van der Waals surface area contributed by atoms with Crippen molar-refractivity contribution in [3.8, 4) is 0 Å². The third-order valence-corrected chi connectivity index (χ3v) is 5.51. The number of amides is 1. The molecule has 0 aromatic heterocycles. The van der Waals surface area contributed by atoms with E-state index in [1.165, 1.54) is 18.2 Å². The highest BCUT2D eigenvalue weighted by Gasteiger charge is 2.15. The van der Waals surface area contributed by atoms with Crippen LogP contribution in [0.3, 0.4) is 0 Å². The zero-order valence-electron chi connectivity index (χ0n) is 10.3. The Hall–Kier alpha value is -0.640. The largest absolute Gasteiger partial charge is 0.322 e. The lowest BCUT2D eigenvalue weighted by atomic mass is 10.2. The van der Waals surface area contributed by atoms with Gasteiger partial charge in [0.2, 0.25) is 0 Å². The van der Waals surface area contributed by atoms with Crippen LogP contribution in [0.2, 0.25) is 0 Å². The lowest BCUT2D eigenvalue weighted by molar-refractivity contribution is 0.102. The summed E-state index contributed by atoms with van der Waals surface area (Å²) in [6, 6.07) is 11.4. The Bertz CT molecular complexity index is 811. The number of rotatable bonds is 3. The van der Waals surface area contributed by atoms with E-state index in [2.05, 4.69) is 43.8 Å². The molecule has 0 spiro atoms. The van der Waals surface area contributed by atoms with Crippen LogP contribution in [0.1, 0.15) is 10.4 Å². The molecule has 0 aliphatic rings. The third-order valence-electron chi connectivity index (χ3n) is 2.54. The smallest absolute Gasteiger partial charge is 0.262 e. The molecular weight excluding hydrogens is 492 g/mol. The van der Waals surface area contributed by atoms with Crippen molar-refractivity contribution in [3.63, 3.8) is 0 Å². The van der Waals surface area contributed by atoms with E-state index in [-0.39, 0.29) is 15.3 Å². The predicted molar refractivity (Wildman–Crippen MR) is 94.3 cm³/mol. The van der Waals surface area contributed by atoms with Gasteiger partial charge in [0.25, 0.3) is 15.0 Å². The first-order chi connectivity index (χ1) is 9.77. The van der Waals surface area contributed by atoms with Crippen LogP contribution < -0.4 is 5.32 Å². The monoisotopic (exact) mass is 499 g/mol. The van der Waals surface area contributed by atoms with Crippen molar-refractivity contribution in [1.29, 1.82) is 0 Å². The summed E-state index contributed by atoms with van der Waals surface area (Å²) in [6.45, 7) is 0. The summed E-state index contributed by atoms with van der Waals surface area (Å²) < 4.78 is 23.8. The summed E-state index contributed by atoms with van der Waals surface area (Å²) in [5.41, 5.74) is 0.988. The molecule has 0 unspecified atom stereocenters. The highest BCUT2D eigenvalue weighted by molar-refractivity contribution is 14.1. The molecule has 0 saturated carbocycles. The Morgan fingerprint density at radius 3 is 2.48 bits per heavy atom. The summed E-state index contributed by atoms with van der Waals surface area (Å²) in [5, 5.41) is 2.69. The van der Waals surface area contributed by atoms with E-state index < -0.39 is 9.05 Å². The van der Waals surface area contributed by atoms with E-state index in [1.54, 1.807) is 18.2 Å². The van der Waals surface area contributed by atoms with E-state index in [4.69, 9.17) is 10.7 Å². The van der Waals surface area contributed by atoms with Crippen molar-refractivity contribution in [1.82, 2.24) is 0 Å². The molecule has 0 atom stereocenters. The van der Waals surface area contributed by atoms with E-state index >= 15 is 0 Å². The SMILES string of the molecule is O=C(Nc1ccc(S(=O)(=O)Cl)c(Br)c1)c1cccc(I)c1. The topological polar surface area (TPSA) is 63.2 Å². The first-order valence-corrected chi connectivity index (χ1v) is 9.76. The van der Waals surface area contributed by atoms with Gasteiger partial charge in [-0.05, 0) is 74.9 Å². The second-order valence-electron chi connectivity index (χ2n) is 4.05. The molecular formula is C13H8BrClINO3S. The number of hydrogen-bond donors (Lipinski definition) is 1. The molecule has 0 fully saturated rings. The fourth-order valence-electron chi connectivity index (χ4n) is 1.61. The van der Waals surface area contributed by atoms with Crippen molar-refractivity contribution in [3.05, 3.63) is 56.1 Å². The van der Waals surface area contributed by atoms with Crippen molar-refractivity contribution >= 4 is 69.8 Å². The van der Waals surface area contributed by atoms with Crippen LogP contribution in [0.4, 0.5) is 5.69 Å². The predicted octanol–water partition coefficient (Wildman–Crippen LogP) is 4.23. The van der Waals surface area contributed by atoms with Crippen LogP contribution in [0.5, 0.6) is 0 Å². The Kier molecular flexibility index (Phi) is 5.29. The van der Waals surface area contributed by atoms with E-state index in [0.29, 0.717) is 11.3 Å². The number of carbonyl (C=O) groups excluding carboxylic acids is 1. The van der Waals surface area contributed by atoms with E-state index in [0.717, 1.165) is 3.57 Å². The van der Waals surface area contributed by atoms with Crippen LogP contribution in [-0.4, -0.2) is 14.3 Å². The zero-order valence-corrected chi connectivity index (χ0v) is 15.6. The third kappa shape index (κ3) is 4.41. The number of halogens is 3. The van der Waals surface area contributed by atoms with Gasteiger partial charge in [0.15, 0.2) is 0 Å². The fourth-order valence-corrected chi connectivity index (χ4v) is 4.38. The average Bonchev–Trinajstić information content (AvgIpc) is 2.37. The van der Waals surface area contributed by atoms with Gasteiger partial charge in [-0.15, -0.1) is 0 Å². The van der Waals surface area contributed by atoms with Gasteiger partial charge in [0.05, 0.1) is 4.90 Å². The lowest BCUT2D eigenvalue weighted by Gasteiger charge is -2.08. The molecule has 0 bridgehead atoms. The molecule has 1 N–H and O–H groups in total. The molecule has 21 heavy (non-hydrogen) atoms. The average molecular weight is 501 g/mol. The van der Waals surface area contributed by atoms with Gasteiger partial charge in [-0.3, -0.25) is 4.79 Å². The molecule has 0 saturated heterocycles. The highest BCUT2D eigenvalue weighted by atomic mass is 127. The molecule has 2 aromatic rings. The standard InChI is InChI=1S/C13H8BrClINO3S/c14-11-7-10(4-5-12(11)21(15,19)20)17-13(18)8-2-1-3-9(16)6-8/h1-7H,(H,17,18). The summed E-state index contributed by atoms with van der Waals surface area (Å²) in [7, 11) is 1.46. The van der Waals surface area contributed by atoms with Gasteiger partial charge in [-0.2, -0.15) is 0 Å². The first-order valence-electron chi connectivity index (χ1n) is 5.58. The molecule has 8 heteroatoms. The van der Waals surface area contributed by atoms with Gasteiger partial charge in [0, 0.05) is 30.0 Å². The number of carbonyl (C=O) groups is 1. The van der Waals surface area contributed by atoms with Gasteiger partial charge < -0.3 is 5.32 Å². The number of anilines is 1. The molecule has 110 valence electrons. The Labute approximate surface area is 148 Å². The van der Waals surface area contributed by atoms with Crippen LogP contribution in [0, 0.1) is 3.57 Å². The maximum Gasteiger partial charge on any atom is 0.262 e. The van der Waals surface area contributed by atoms with Crippen LogP contribution in [0.15, 0.2) is 51.8 Å². The Balaban J connectivity index is 2.25. The number of hydrogen-bond acceptors (Lipinski definition) is 3. The number of benzene rings is 2. The first kappa shape index (κ1) is 16.7. The van der Waals surface area contributed by atoms with Crippen LogP contribution >= 0.6 is 49.2 Å². The summed E-state index contributed by atoms with van der Waals surface area (Å²) in [6.07, 6.45) is 0. The normalized spacial score (nSPS) is 11.2. The summed E-state index contributed by atoms with van der Waals surface area (Å²) in [5.74, 6) is -0.276.